The summed E-state index contributed by atoms with van der Waals surface area (Å²) in [6, 6.07) is 5.88. The molecular weight excluding hydrogens is 210 g/mol. The van der Waals surface area contributed by atoms with E-state index in [1.165, 1.54) is 0 Å². The van der Waals surface area contributed by atoms with E-state index < -0.39 is 0 Å². The molecule has 2 N–H and O–H groups in total. The number of hydrogen-bond donors (Lipinski definition) is 1. The molecule has 0 aliphatic heterocycles. The molecule has 0 unspecified atom stereocenters. The first kappa shape index (κ1) is 10.2. The summed E-state index contributed by atoms with van der Waals surface area (Å²) in [6.45, 7) is 2.48. The van der Waals surface area contributed by atoms with Gasteiger partial charge in [-0.25, -0.2) is 4.98 Å². The highest BCUT2D eigenvalue weighted by molar-refractivity contribution is 6.32. The molecule has 2 rings (SSSR count). The quantitative estimate of drug-likeness (QED) is 0.846. The molecule has 0 amide bonds. The fraction of sp³-hybridized carbons (Fsp3) is 0.182. The molecule has 3 nitrogen and oxygen atoms in total. The molecule has 0 aliphatic rings. The largest absolute Gasteiger partial charge is 0.325 e. The minimum absolute atomic E-state index is 0.449. The Bertz CT molecular complexity index is 476. The third kappa shape index (κ3) is 1.89. The molecular formula is C11H12ClN3. The lowest BCUT2D eigenvalue weighted by atomic mass is 10.2. The molecule has 0 radical (unpaired) electrons. The molecule has 0 saturated heterocycles. The van der Waals surface area contributed by atoms with Crippen molar-refractivity contribution in [3.8, 4) is 5.69 Å². The molecule has 0 atom stereocenters. The van der Waals surface area contributed by atoms with E-state index in [4.69, 9.17) is 17.3 Å². The van der Waals surface area contributed by atoms with Gasteiger partial charge in [0.05, 0.1) is 22.7 Å². The van der Waals surface area contributed by atoms with E-state index in [2.05, 4.69) is 4.98 Å². The predicted molar refractivity (Wildman–Crippen MR) is 61.2 cm³/mol. The van der Waals surface area contributed by atoms with E-state index in [0.29, 0.717) is 11.6 Å². The highest BCUT2D eigenvalue weighted by Crippen LogP contribution is 2.22. The van der Waals surface area contributed by atoms with Crippen LogP contribution in [0.4, 0.5) is 0 Å². The van der Waals surface area contributed by atoms with Crippen molar-refractivity contribution in [3.63, 3.8) is 0 Å². The van der Waals surface area contributed by atoms with E-state index in [9.17, 15) is 0 Å². The Hall–Kier alpha value is -1.32. The standard InChI is InChI=1S/C11H12ClN3/c1-8-2-3-10(12)11(4-8)15-7-14-6-9(15)5-13/h2-4,6-7H,5,13H2,1H3. The molecule has 1 aromatic carbocycles. The number of aromatic nitrogens is 2. The van der Waals surface area contributed by atoms with Crippen LogP contribution in [-0.2, 0) is 6.54 Å². The van der Waals surface area contributed by atoms with Crippen LogP contribution in [0, 0.1) is 6.92 Å². The van der Waals surface area contributed by atoms with E-state index >= 15 is 0 Å². The maximum absolute atomic E-state index is 6.13. The van der Waals surface area contributed by atoms with Crippen molar-refractivity contribution in [2.75, 3.05) is 0 Å². The normalized spacial score (nSPS) is 10.6. The molecule has 0 aliphatic carbocycles. The van der Waals surface area contributed by atoms with Crippen molar-refractivity contribution in [1.82, 2.24) is 9.55 Å². The van der Waals surface area contributed by atoms with Gasteiger partial charge in [-0.3, -0.25) is 0 Å². The molecule has 78 valence electrons. The zero-order valence-corrected chi connectivity index (χ0v) is 9.20. The zero-order valence-electron chi connectivity index (χ0n) is 8.44. The van der Waals surface area contributed by atoms with Crippen molar-refractivity contribution in [3.05, 3.63) is 47.0 Å². The highest BCUT2D eigenvalue weighted by Gasteiger charge is 2.06. The fourth-order valence-electron chi connectivity index (χ4n) is 1.50. The summed E-state index contributed by atoms with van der Waals surface area (Å²) in [6.07, 6.45) is 3.47. The number of rotatable bonds is 2. The number of imidazole rings is 1. The average Bonchev–Trinajstić information content (AvgIpc) is 2.69. The summed E-state index contributed by atoms with van der Waals surface area (Å²) in [4.78, 5) is 4.06. The van der Waals surface area contributed by atoms with Crippen LogP contribution in [0.5, 0.6) is 0 Å². The van der Waals surface area contributed by atoms with Crippen molar-refractivity contribution in [2.45, 2.75) is 13.5 Å². The smallest absolute Gasteiger partial charge is 0.0995 e. The van der Waals surface area contributed by atoms with E-state index in [1.54, 1.807) is 12.5 Å². The van der Waals surface area contributed by atoms with Gasteiger partial charge in [0, 0.05) is 12.7 Å². The van der Waals surface area contributed by atoms with Gasteiger partial charge < -0.3 is 10.3 Å². The molecule has 0 saturated carbocycles. The van der Waals surface area contributed by atoms with Crippen LogP contribution in [-0.4, -0.2) is 9.55 Å². The Morgan fingerprint density at radius 3 is 3.00 bits per heavy atom. The van der Waals surface area contributed by atoms with Crippen molar-refractivity contribution >= 4 is 11.6 Å². The van der Waals surface area contributed by atoms with Crippen molar-refractivity contribution in [1.29, 1.82) is 0 Å². The van der Waals surface area contributed by atoms with Gasteiger partial charge in [0.2, 0.25) is 0 Å². The van der Waals surface area contributed by atoms with Gasteiger partial charge in [0.15, 0.2) is 0 Å². The third-order valence-corrected chi connectivity index (χ3v) is 2.61. The minimum Gasteiger partial charge on any atom is -0.325 e. The summed E-state index contributed by atoms with van der Waals surface area (Å²) in [5, 5.41) is 0.702. The number of hydrogen-bond acceptors (Lipinski definition) is 2. The van der Waals surface area contributed by atoms with Gasteiger partial charge in [-0.1, -0.05) is 17.7 Å². The van der Waals surface area contributed by atoms with Crippen LogP contribution in [0.2, 0.25) is 5.02 Å². The average molecular weight is 222 g/mol. The van der Waals surface area contributed by atoms with Crippen LogP contribution >= 0.6 is 11.6 Å². The first-order chi connectivity index (χ1) is 7.22. The van der Waals surface area contributed by atoms with Crippen molar-refractivity contribution in [2.24, 2.45) is 5.73 Å². The summed E-state index contributed by atoms with van der Waals surface area (Å²) in [5.41, 5.74) is 8.65. The monoisotopic (exact) mass is 221 g/mol. The number of nitrogens with zero attached hydrogens (tertiary/aromatic N) is 2. The third-order valence-electron chi connectivity index (χ3n) is 2.29. The minimum atomic E-state index is 0.449. The molecule has 4 heteroatoms. The Morgan fingerprint density at radius 2 is 2.27 bits per heavy atom. The molecule has 0 spiro atoms. The van der Waals surface area contributed by atoms with Crippen LogP contribution in [0.25, 0.3) is 5.69 Å². The Balaban J connectivity index is 2.58. The van der Waals surface area contributed by atoms with Gasteiger partial charge in [0.25, 0.3) is 0 Å². The van der Waals surface area contributed by atoms with Gasteiger partial charge in [-0.05, 0) is 24.6 Å². The van der Waals surface area contributed by atoms with E-state index in [-0.39, 0.29) is 0 Å². The first-order valence-corrected chi connectivity index (χ1v) is 5.08. The van der Waals surface area contributed by atoms with Gasteiger partial charge in [-0.15, -0.1) is 0 Å². The summed E-state index contributed by atoms with van der Waals surface area (Å²) >= 11 is 6.13. The number of nitrogens with two attached hydrogens (primary N) is 1. The molecule has 15 heavy (non-hydrogen) atoms. The first-order valence-electron chi connectivity index (χ1n) is 4.70. The number of aryl methyl sites for hydroxylation is 1. The van der Waals surface area contributed by atoms with Crippen LogP contribution in [0.3, 0.4) is 0 Å². The lowest BCUT2D eigenvalue weighted by Crippen LogP contribution is -2.05. The molecule has 1 aromatic heterocycles. The van der Waals surface area contributed by atoms with Crippen LogP contribution in [0.15, 0.2) is 30.7 Å². The second kappa shape index (κ2) is 4.04. The predicted octanol–water partition coefficient (Wildman–Crippen LogP) is 2.29. The molecule has 0 fully saturated rings. The molecule has 0 bridgehead atoms. The lowest BCUT2D eigenvalue weighted by Gasteiger charge is -2.09. The zero-order chi connectivity index (χ0) is 10.8. The SMILES string of the molecule is Cc1ccc(Cl)c(-n2cncc2CN)c1. The van der Waals surface area contributed by atoms with E-state index in [1.807, 2.05) is 29.7 Å². The van der Waals surface area contributed by atoms with E-state index in [0.717, 1.165) is 16.9 Å². The Morgan fingerprint density at radius 1 is 1.47 bits per heavy atom. The number of benzene rings is 1. The van der Waals surface area contributed by atoms with Crippen LogP contribution < -0.4 is 5.73 Å². The van der Waals surface area contributed by atoms with Gasteiger partial charge in [-0.2, -0.15) is 0 Å². The Labute approximate surface area is 93.5 Å². The maximum atomic E-state index is 6.13. The van der Waals surface area contributed by atoms with Crippen LogP contribution in [0.1, 0.15) is 11.3 Å². The maximum Gasteiger partial charge on any atom is 0.0995 e. The Kier molecular flexibility index (Phi) is 2.75. The van der Waals surface area contributed by atoms with Gasteiger partial charge in [0.1, 0.15) is 0 Å². The topological polar surface area (TPSA) is 43.8 Å². The molecule has 2 aromatic rings. The molecule has 1 heterocycles. The van der Waals surface area contributed by atoms with Crippen molar-refractivity contribution < 1.29 is 0 Å². The number of halogens is 1. The summed E-state index contributed by atoms with van der Waals surface area (Å²) < 4.78 is 1.91. The lowest BCUT2D eigenvalue weighted by molar-refractivity contribution is 0.909. The van der Waals surface area contributed by atoms with Gasteiger partial charge >= 0.3 is 0 Å². The second-order valence-electron chi connectivity index (χ2n) is 3.41. The summed E-state index contributed by atoms with van der Waals surface area (Å²) in [7, 11) is 0. The fourth-order valence-corrected chi connectivity index (χ4v) is 1.71. The highest BCUT2D eigenvalue weighted by atomic mass is 35.5. The summed E-state index contributed by atoms with van der Waals surface area (Å²) in [5.74, 6) is 0. The second-order valence-corrected chi connectivity index (χ2v) is 3.82.